The van der Waals surface area contributed by atoms with Crippen molar-refractivity contribution in [1.29, 1.82) is 0 Å². The summed E-state index contributed by atoms with van der Waals surface area (Å²) < 4.78 is 56.4. The van der Waals surface area contributed by atoms with E-state index in [1.807, 2.05) is 0 Å². The summed E-state index contributed by atoms with van der Waals surface area (Å²) >= 11 is 0. The van der Waals surface area contributed by atoms with Gasteiger partial charge in [-0.25, -0.2) is 4.57 Å². The van der Waals surface area contributed by atoms with Crippen molar-refractivity contribution in [3.05, 3.63) is 0 Å². The van der Waals surface area contributed by atoms with Crippen LogP contribution in [0.15, 0.2) is 0 Å². The smallest absolute Gasteiger partial charge is 0.462 e. The molecule has 4 N–H and O–H groups in total. The molecular formula is C87H163N2O17P. The Bertz CT molecular complexity index is 2220. The fourth-order valence-electron chi connectivity index (χ4n) is 15.2. The highest BCUT2D eigenvalue weighted by atomic mass is 31.2. The number of unbranched alkanes of at least 4 members (excludes halogenated alkanes) is 46. The Labute approximate surface area is 652 Å². The molecule has 2 aliphatic heterocycles. The lowest BCUT2D eigenvalue weighted by molar-refractivity contribution is -0.273. The molecule has 0 aromatic rings. The van der Waals surface area contributed by atoms with E-state index in [0.717, 1.165) is 161 Å². The number of likely N-dealkylation sites (tertiary alicyclic amines) is 1. The number of carbonyl (C=O) groups is 6. The van der Waals surface area contributed by atoms with Crippen molar-refractivity contribution >= 4 is 43.5 Å². The maximum atomic E-state index is 15.0. The number of esters is 4. The van der Waals surface area contributed by atoms with E-state index < -0.39 is 99.7 Å². The van der Waals surface area contributed by atoms with Gasteiger partial charge in [0.15, 0.2) is 12.4 Å². The second-order valence-corrected chi connectivity index (χ2v) is 33.1. The largest absolute Gasteiger partial charge is 0.470 e. The van der Waals surface area contributed by atoms with Gasteiger partial charge in [0.05, 0.1) is 38.5 Å². The summed E-state index contributed by atoms with van der Waals surface area (Å²) in [5.74, 6) is -2.92. The topological polar surface area (TPSA) is 260 Å². The molecule has 0 aromatic heterocycles. The minimum atomic E-state index is -5.48. The molecule has 0 radical (unpaired) electrons. The van der Waals surface area contributed by atoms with Crippen LogP contribution in [-0.4, -0.2) is 130 Å². The Hall–Kier alpha value is -3.19. The van der Waals surface area contributed by atoms with Gasteiger partial charge in [-0.2, -0.15) is 0 Å². The summed E-state index contributed by atoms with van der Waals surface area (Å²) in [6.45, 7) is 12.6. The minimum Gasteiger partial charge on any atom is -0.462 e. The van der Waals surface area contributed by atoms with Gasteiger partial charge in [-0.05, 0) is 70.6 Å². The highest BCUT2D eigenvalue weighted by molar-refractivity contribution is 7.46. The molecule has 0 unspecified atom stereocenters. The number of hydrogen-bond acceptors (Lipinski definition) is 15. The number of rotatable bonds is 75. The van der Waals surface area contributed by atoms with Crippen molar-refractivity contribution in [2.45, 2.75) is 501 Å². The third kappa shape index (κ3) is 54.2. The SMILES string of the molecule is CCCCCCCCCCCC(=O)O[C@H](CCCCCCCCCCC)CC(=O)O[C@@H]1[C@@H](NC(=O)C[C@@H](CCCCCCCCCCC)OC(=O)CCCCCCCCC)[C@H](OC[C@@H]2CCCN2C(=O)C[C@@H](CCCCCCCCCCC)OC(=O)CCCCCCCCCCC)O[C@H](CO)[C@H]1OP(=O)(O)O. The number of aliphatic hydroxyl groups excluding tert-OH is 1. The molecule has 2 fully saturated rings. The van der Waals surface area contributed by atoms with E-state index in [4.69, 9.17) is 32.9 Å². The van der Waals surface area contributed by atoms with Gasteiger partial charge in [0.2, 0.25) is 11.8 Å². The van der Waals surface area contributed by atoms with E-state index in [9.17, 15) is 48.2 Å². The van der Waals surface area contributed by atoms with Crippen LogP contribution in [0.25, 0.3) is 0 Å². The van der Waals surface area contributed by atoms with Crippen LogP contribution >= 0.6 is 7.82 Å². The summed E-state index contributed by atoms with van der Waals surface area (Å²) in [5.41, 5.74) is 0. The first kappa shape index (κ1) is 99.9. The molecule has 0 spiro atoms. The molecule has 0 aliphatic carbocycles. The fraction of sp³-hybridized carbons (Fsp3) is 0.931. The van der Waals surface area contributed by atoms with Gasteiger partial charge in [-0.1, -0.05) is 337 Å². The second kappa shape index (κ2) is 68.4. The van der Waals surface area contributed by atoms with Crippen LogP contribution in [0.2, 0.25) is 0 Å². The fourth-order valence-corrected chi connectivity index (χ4v) is 15.8. The molecule has 2 aliphatic rings. The number of amides is 2. The first-order chi connectivity index (χ1) is 52.0. The Kier molecular flexibility index (Phi) is 63.9. The van der Waals surface area contributed by atoms with Crippen molar-refractivity contribution in [2.75, 3.05) is 19.8 Å². The highest BCUT2D eigenvalue weighted by Crippen LogP contribution is 2.43. The van der Waals surface area contributed by atoms with Crippen molar-refractivity contribution in [1.82, 2.24) is 10.2 Å². The number of carbonyl (C=O) groups excluding carboxylic acids is 6. The molecule has 2 saturated heterocycles. The van der Waals surface area contributed by atoms with E-state index in [1.165, 1.54) is 148 Å². The lowest BCUT2D eigenvalue weighted by atomic mass is 9.95. The zero-order valence-corrected chi connectivity index (χ0v) is 70.2. The van der Waals surface area contributed by atoms with Crippen LogP contribution in [0.1, 0.15) is 446 Å². The Balaban J connectivity index is 2.62. The Morgan fingerprint density at radius 3 is 1.07 bits per heavy atom. The van der Waals surface area contributed by atoms with Gasteiger partial charge < -0.3 is 53.5 Å². The van der Waals surface area contributed by atoms with E-state index in [0.29, 0.717) is 70.8 Å². The molecule has 107 heavy (non-hydrogen) atoms. The van der Waals surface area contributed by atoms with Crippen molar-refractivity contribution < 1.29 is 81.2 Å². The average molecular weight is 1540 g/mol. The number of phosphoric acid groups is 1. The molecule has 2 heterocycles. The average Bonchev–Trinajstić information content (AvgIpc) is 0.903. The van der Waals surface area contributed by atoms with Crippen LogP contribution < -0.4 is 5.32 Å². The number of nitrogens with zero attached hydrogens (tertiary/aromatic N) is 1. The van der Waals surface area contributed by atoms with Gasteiger partial charge in [0, 0.05) is 25.8 Å². The third-order valence-corrected chi connectivity index (χ3v) is 22.3. The highest BCUT2D eigenvalue weighted by Gasteiger charge is 2.53. The van der Waals surface area contributed by atoms with E-state index in [-0.39, 0.29) is 44.2 Å². The molecule has 0 saturated carbocycles. The van der Waals surface area contributed by atoms with Gasteiger partial charge >= 0.3 is 31.7 Å². The number of ether oxygens (including phenoxy) is 6. The van der Waals surface area contributed by atoms with Crippen molar-refractivity contribution in [3.8, 4) is 0 Å². The summed E-state index contributed by atoms with van der Waals surface area (Å²) in [6, 6.07) is -2.10. The minimum absolute atomic E-state index is 0.0137. The van der Waals surface area contributed by atoms with E-state index in [2.05, 4.69) is 46.9 Å². The molecule has 628 valence electrons. The first-order valence-electron chi connectivity index (χ1n) is 45.0. The zero-order valence-electron chi connectivity index (χ0n) is 69.3. The predicted octanol–water partition coefficient (Wildman–Crippen LogP) is 22.2. The van der Waals surface area contributed by atoms with E-state index in [1.54, 1.807) is 4.90 Å². The summed E-state index contributed by atoms with van der Waals surface area (Å²) in [7, 11) is -5.48. The number of aliphatic hydroxyl groups is 1. The summed E-state index contributed by atoms with van der Waals surface area (Å²) in [5, 5.41) is 14.0. The summed E-state index contributed by atoms with van der Waals surface area (Å²) in [6.07, 6.45) is 49.0. The Morgan fingerprint density at radius 1 is 0.421 bits per heavy atom. The molecule has 0 aromatic carbocycles. The van der Waals surface area contributed by atoms with Gasteiger partial charge in [-0.3, -0.25) is 33.3 Å². The van der Waals surface area contributed by atoms with Crippen molar-refractivity contribution in [2.24, 2.45) is 0 Å². The molecule has 20 heteroatoms. The maximum absolute atomic E-state index is 15.0. The van der Waals surface area contributed by atoms with E-state index >= 15 is 0 Å². The van der Waals surface area contributed by atoms with Gasteiger partial charge in [0.1, 0.15) is 36.6 Å². The number of nitrogens with one attached hydrogen (secondary N) is 1. The quantitative estimate of drug-likeness (QED) is 0.0191. The molecule has 2 rings (SSSR count). The van der Waals surface area contributed by atoms with Crippen LogP contribution in [0.4, 0.5) is 0 Å². The molecule has 9 atom stereocenters. The van der Waals surface area contributed by atoms with Crippen LogP contribution in [-0.2, 0) is 66.3 Å². The molecular weight excluding hydrogens is 1380 g/mol. The monoisotopic (exact) mass is 1540 g/mol. The van der Waals surface area contributed by atoms with Crippen LogP contribution in [0.3, 0.4) is 0 Å². The first-order valence-corrected chi connectivity index (χ1v) is 46.5. The summed E-state index contributed by atoms with van der Waals surface area (Å²) in [4.78, 5) is 108. The lowest BCUT2D eigenvalue weighted by Crippen LogP contribution is -2.66. The number of hydrogen-bond donors (Lipinski definition) is 4. The van der Waals surface area contributed by atoms with Crippen molar-refractivity contribution in [3.63, 3.8) is 0 Å². The van der Waals surface area contributed by atoms with Gasteiger partial charge in [-0.15, -0.1) is 0 Å². The maximum Gasteiger partial charge on any atom is 0.470 e. The normalized spacial score (nSPS) is 18.3. The number of phosphoric ester groups is 1. The molecule has 2 amide bonds. The van der Waals surface area contributed by atoms with Crippen LogP contribution in [0, 0.1) is 0 Å². The van der Waals surface area contributed by atoms with Crippen LogP contribution in [0.5, 0.6) is 0 Å². The molecule has 19 nitrogen and oxygen atoms in total. The Morgan fingerprint density at radius 2 is 0.738 bits per heavy atom. The second-order valence-electron chi connectivity index (χ2n) is 31.9. The predicted molar refractivity (Wildman–Crippen MR) is 430 cm³/mol. The lowest BCUT2D eigenvalue weighted by Gasteiger charge is -2.45. The standard InChI is InChI=1S/C87H163N2O17P/c1-7-13-19-25-31-36-42-47-53-61-74(101-80(93)64-56-50-41-30-24-18-12-6)68-78(91)88-84-86(105-83(96)70-76(63-55-49-44-38-33-27-21-15-9-3)103-82(95)66-58-52-46-40-35-29-23-17-11-5)85(106-107(97,98)99)77(71-90)104-87(84)100-72-73-60-59-67-89(73)79(92)69-75(62-54-48-43-37-32-26-20-14-8-2)102-81(94)65-57-51-45-39-34-28-22-16-10-4/h73-77,84-87,90H,7-72H2,1-6H3,(H,88,91)(H2,97,98,99)/t73-,74+,75+,76+,77+,84+,85+,86+,87+/m0/s1. The van der Waals surface area contributed by atoms with Gasteiger partial charge in [0.25, 0.3) is 0 Å². The third-order valence-electron chi connectivity index (χ3n) is 21.8. The molecule has 0 bridgehead atoms. The zero-order chi connectivity index (χ0) is 78.1.